The van der Waals surface area contributed by atoms with Gasteiger partial charge in [-0.15, -0.1) is 0 Å². The Bertz CT molecular complexity index is 612. The molecule has 0 spiro atoms. The third kappa shape index (κ3) is 4.58. The first kappa shape index (κ1) is 16.1. The molecule has 1 aliphatic carbocycles. The van der Waals surface area contributed by atoms with Gasteiger partial charge >= 0.3 is 0 Å². The minimum Gasteiger partial charge on any atom is -0.352 e. The zero-order valence-electron chi connectivity index (χ0n) is 13.2. The highest BCUT2D eigenvalue weighted by molar-refractivity contribution is 8.00. The van der Waals surface area contributed by atoms with Gasteiger partial charge in [-0.1, -0.05) is 67.4 Å². The van der Waals surface area contributed by atoms with E-state index in [0.29, 0.717) is 6.04 Å². The number of carbonyl (C=O) groups is 1. The molecular weight excluding hydrogens is 304 g/mol. The monoisotopic (exact) mass is 326 g/mol. The summed E-state index contributed by atoms with van der Waals surface area (Å²) in [5, 5.41) is 3.87. The second-order valence-electron chi connectivity index (χ2n) is 5.92. The fourth-order valence-corrected chi connectivity index (χ4v) is 3.95. The summed E-state index contributed by atoms with van der Waals surface area (Å²) in [5.74, 6) is 0.0961. The number of rotatable bonds is 5. The molecule has 1 amide bonds. The van der Waals surface area contributed by atoms with Gasteiger partial charge in [-0.25, -0.2) is 4.98 Å². The van der Waals surface area contributed by atoms with Crippen molar-refractivity contribution in [1.82, 2.24) is 10.3 Å². The van der Waals surface area contributed by atoms with Crippen LogP contribution in [0.2, 0.25) is 0 Å². The highest BCUT2D eigenvalue weighted by Crippen LogP contribution is 2.34. The maximum absolute atomic E-state index is 12.9. The summed E-state index contributed by atoms with van der Waals surface area (Å²) in [6, 6.07) is 16.1. The summed E-state index contributed by atoms with van der Waals surface area (Å²) in [4.78, 5) is 17.2. The zero-order chi connectivity index (χ0) is 15.9. The van der Waals surface area contributed by atoms with E-state index in [1.165, 1.54) is 31.0 Å². The highest BCUT2D eigenvalue weighted by Gasteiger charge is 2.25. The summed E-state index contributed by atoms with van der Waals surface area (Å²) in [6.45, 7) is 0. The van der Waals surface area contributed by atoms with Crippen LogP contribution < -0.4 is 5.32 Å². The van der Waals surface area contributed by atoms with E-state index >= 15 is 0 Å². The number of nitrogens with one attached hydrogen (secondary N) is 1. The van der Waals surface area contributed by atoms with Crippen molar-refractivity contribution in [3.05, 3.63) is 60.3 Å². The van der Waals surface area contributed by atoms with Crippen LogP contribution in [0.25, 0.3) is 0 Å². The number of benzene rings is 1. The van der Waals surface area contributed by atoms with Crippen molar-refractivity contribution in [2.75, 3.05) is 0 Å². The van der Waals surface area contributed by atoms with Crippen molar-refractivity contribution in [1.29, 1.82) is 0 Å². The lowest BCUT2D eigenvalue weighted by Gasteiger charge is -2.25. The van der Waals surface area contributed by atoms with Crippen LogP contribution in [0.15, 0.2) is 59.8 Å². The molecule has 0 saturated heterocycles. The Morgan fingerprint density at radius 3 is 2.48 bits per heavy atom. The Labute approximate surface area is 141 Å². The Kier molecular flexibility index (Phi) is 5.70. The van der Waals surface area contributed by atoms with E-state index in [1.54, 1.807) is 6.20 Å². The largest absolute Gasteiger partial charge is 0.352 e. The summed E-state index contributed by atoms with van der Waals surface area (Å²) in [7, 11) is 0. The normalized spacial score (nSPS) is 16.7. The Hall–Kier alpha value is -1.81. The molecule has 0 bridgehead atoms. The SMILES string of the molecule is O=C(NC1CCCCC1)[C@@H](Sc1ccccn1)c1ccccc1. The first-order valence-electron chi connectivity index (χ1n) is 8.26. The van der Waals surface area contributed by atoms with Gasteiger partial charge in [-0.05, 0) is 30.5 Å². The number of carbonyl (C=O) groups excluding carboxylic acids is 1. The molecule has 1 fully saturated rings. The van der Waals surface area contributed by atoms with Crippen LogP contribution in [0.3, 0.4) is 0 Å². The molecule has 0 aliphatic heterocycles. The van der Waals surface area contributed by atoms with Crippen molar-refractivity contribution < 1.29 is 4.79 Å². The number of hydrogen-bond donors (Lipinski definition) is 1. The molecule has 120 valence electrons. The van der Waals surface area contributed by atoms with Gasteiger partial charge in [-0.2, -0.15) is 0 Å². The molecule has 1 N–H and O–H groups in total. The van der Waals surface area contributed by atoms with Crippen LogP contribution in [-0.2, 0) is 4.79 Å². The molecule has 1 aliphatic rings. The average molecular weight is 326 g/mol. The molecule has 3 nitrogen and oxygen atoms in total. The van der Waals surface area contributed by atoms with E-state index in [9.17, 15) is 4.79 Å². The van der Waals surface area contributed by atoms with Crippen molar-refractivity contribution in [2.24, 2.45) is 0 Å². The fourth-order valence-electron chi connectivity index (χ4n) is 2.96. The van der Waals surface area contributed by atoms with Gasteiger partial charge in [0.15, 0.2) is 0 Å². The van der Waals surface area contributed by atoms with Crippen LogP contribution >= 0.6 is 11.8 Å². The lowest BCUT2D eigenvalue weighted by Crippen LogP contribution is -2.38. The summed E-state index contributed by atoms with van der Waals surface area (Å²) in [5.41, 5.74) is 1.02. The summed E-state index contributed by atoms with van der Waals surface area (Å²) in [6.07, 6.45) is 7.69. The number of nitrogens with zero attached hydrogens (tertiary/aromatic N) is 1. The van der Waals surface area contributed by atoms with Crippen LogP contribution in [0.4, 0.5) is 0 Å². The molecule has 1 atom stereocenters. The van der Waals surface area contributed by atoms with Gasteiger partial charge in [0.2, 0.25) is 5.91 Å². The summed E-state index contributed by atoms with van der Waals surface area (Å²) >= 11 is 1.52. The molecule has 4 heteroatoms. The standard InChI is InChI=1S/C19H22N2OS/c22-19(21-16-11-5-2-6-12-16)18(15-9-3-1-4-10-15)23-17-13-7-8-14-20-17/h1,3-4,7-10,13-14,16,18H,2,5-6,11-12H2,(H,21,22)/t18-/m0/s1. The Morgan fingerprint density at radius 1 is 1.04 bits per heavy atom. The minimum absolute atomic E-state index is 0.0961. The first-order chi connectivity index (χ1) is 11.3. The highest BCUT2D eigenvalue weighted by atomic mass is 32.2. The minimum atomic E-state index is -0.256. The van der Waals surface area contributed by atoms with E-state index in [1.807, 2.05) is 48.5 Å². The van der Waals surface area contributed by atoms with E-state index in [4.69, 9.17) is 0 Å². The number of thioether (sulfide) groups is 1. The predicted molar refractivity (Wildman–Crippen MR) is 94.3 cm³/mol. The van der Waals surface area contributed by atoms with E-state index in [-0.39, 0.29) is 11.2 Å². The molecule has 1 aromatic carbocycles. The molecule has 1 saturated carbocycles. The van der Waals surface area contributed by atoms with Crippen molar-refractivity contribution >= 4 is 17.7 Å². The van der Waals surface area contributed by atoms with E-state index in [2.05, 4.69) is 10.3 Å². The quantitative estimate of drug-likeness (QED) is 0.830. The van der Waals surface area contributed by atoms with E-state index < -0.39 is 0 Å². The predicted octanol–water partition coefficient (Wildman–Crippen LogP) is 4.36. The fraction of sp³-hybridized carbons (Fsp3) is 0.368. The van der Waals surface area contributed by atoms with Crippen LogP contribution in [0.5, 0.6) is 0 Å². The van der Waals surface area contributed by atoms with Crippen molar-refractivity contribution in [2.45, 2.75) is 48.4 Å². The Morgan fingerprint density at radius 2 is 1.78 bits per heavy atom. The number of hydrogen-bond acceptors (Lipinski definition) is 3. The third-order valence-electron chi connectivity index (χ3n) is 4.17. The smallest absolute Gasteiger partial charge is 0.238 e. The maximum Gasteiger partial charge on any atom is 0.238 e. The van der Waals surface area contributed by atoms with Crippen LogP contribution in [0.1, 0.15) is 42.9 Å². The molecule has 0 unspecified atom stereocenters. The Balaban J connectivity index is 1.75. The molecule has 2 aromatic rings. The van der Waals surface area contributed by atoms with Gasteiger partial charge in [0.05, 0.1) is 5.03 Å². The number of pyridine rings is 1. The molecular formula is C19H22N2OS. The number of aromatic nitrogens is 1. The first-order valence-corrected chi connectivity index (χ1v) is 9.14. The molecule has 0 radical (unpaired) electrons. The van der Waals surface area contributed by atoms with Crippen LogP contribution in [0, 0.1) is 0 Å². The molecule has 3 rings (SSSR count). The van der Waals surface area contributed by atoms with Crippen LogP contribution in [-0.4, -0.2) is 16.9 Å². The zero-order valence-corrected chi connectivity index (χ0v) is 14.0. The number of amides is 1. The topological polar surface area (TPSA) is 42.0 Å². The van der Waals surface area contributed by atoms with Gasteiger partial charge in [0.1, 0.15) is 5.25 Å². The van der Waals surface area contributed by atoms with Gasteiger partial charge in [0.25, 0.3) is 0 Å². The summed E-state index contributed by atoms with van der Waals surface area (Å²) < 4.78 is 0. The van der Waals surface area contributed by atoms with Crippen molar-refractivity contribution in [3.63, 3.8) is 0 Å². The average Bonchev–Trinajstić information content (AvgIpc) is 2.62. The molecule has 1 aromatic heterocycles. The van der Waals surface area contributed by atoms with Gasteiger partial charge < -0.3 is 5.32 Å². The second kappa shape index (κ2) is 8.16. The lowest BCUT2D eigenvalue weighted by molar-refractivity contribution is -0.121. The van der Waals surface area contributed by atoms with Gasteiger partial charge in [-0.3, -0.25) is 4.79 Å². The third-order valence-corrected chi connectivity index (χ3v) is 5.37. The molecule has 23 heavy (non-hydrogen) atoms. The van der Waals surface area contributed by atoms with E-state index in [0.717, 1.165) is 23.4 Å². The maximum atomic E-state index is 12.9. The van der Waals surface area contributed by atoms with Crippen molar-refractivity contribution in [3.8, 4) is 0 Å². The van der Waals surface area contributed by atoms with Gasteiger partial charge in [0, 0.05) is 12.2 Å². The second-order valence-corrected chi connectivity index (χ2v) is 7.05. The lowest BCUT2D eigenvalue weighted by atomic mass is 9.95. The molecule has 1 heterocycles.